The zero-order valence-electron chi connectivity index (χ0n) is 53.5. The first-order valence-corrected chi connectivity index (χ1v) is 33.0. The van der Waals surface area contributed by atoms with Crippen molar-refractivity contribution >= 4 is 17.9 Å². The molecule has 0 rings (SSSR count). The summed E-state index contributed by atoms with van der Waals surface area (Å²) in [7, 11) is 5.92. The molecule has 0 aliphatic heterocycles. The van der Waals surface area contributed by atoms with Gasteiger partial charge in [-0.05, 0) is 116 Å². The Morgan fingerprint density at radius 1 is 0.361 bits per heavy atom. The number of esters is 2. The van der Waals surface area contributed by atoms with E-state index in [-0.39, 0.29) is 38.6 Å². The molecule has 9 nitrogen and oxygen atoms in total. The van der Waals surface area contributed by atoms with Crippen LogP contribution in [0.25, 0.3) is 0 Å². The van der Waals surface area contributed by atoms with Gasteiger partial charge in [0.05, 0.1) is 40.3 Å². The lowest BCUT2D eigenvalue weighted by Gasteiger charge is -2.26. The van der Waals surface area contributed by atoms with Crippen molar-refractivity contribution in [1.82, 2.24) is 0 Å². The summed E-state index contributed by atoms with van der Waals surface area (Å²) in [5, 5.41) is 11.8. The molecule has 0 saturated heterocycles. The molecular formula is C74H121NO8. The van der Waals surface area contributed by atoms with Crippen molar-refractivity contribution in [1.29, 1.82) is 0 Å². The Balaban J connectivity index is 4.21. The number of hydrogen-bond donors (Lipinski definition) is 0. The summed E-state index contributed by atoms with van der Waals surface area (Å²) in [6, 6.07) is 0. The molecule has 0 spiro atoms. The SMILES string of the molecule is CC/C=C\C/C=C\C/C=C\C/C=C\C/C=C\C/C=C\C/C=C\CCCCCCCCCCCCCC(=O)OC(COC(=O)CCCCCCCCCCC/C=C\C/C=C\C/C=C\C/C=C\C/C=C\CC)COC(OCC[N+](C)(C)C)C(=O)[O-]. The Morgan fingerprint density at radius 2 is 0.651 bits per heavy atom. The number of quaternary nitrogens is 1. The Kier molecular flexibility index (Phi) is 59.5. The second kappa shape index (κ2) is 63.2. The highest BCUT2D eigenvalue weighted by Gasteiger charge is 2.22. The number of carbonyl (C=O) groups is 3. The van der Waals surface area contributed by atoms with Crippen LogP contribution in [-0.4, -0.2) is 82.3 Å². The molecule has 0 N–H and O–H groups in total. The highest BCUT2D eigenvalue weighted by molar-refractivity contribution is 5.70. The molecule has 0 fully saturated rings. The monoisotopic (exact) mass is 1150 g/mol. The van der Waals surface area contributed by atoms with E-state index in [9.17, 15) is 19.5 Å². The number of ether oxygens (including phenoxy) is 4. The smallest absolute Gasteiger partial charge is 0.306 e. The highest BCUT2D eigenvalue weighted by atomic mass is 16.7. The van der Waals surface area contributed by atoms with Crippen LogP contribution >= 0.6 is 0 Å². The fourth-order valence-corrected chi connectivity index (χ4v) is 8.60. The largest absolute Gasteiger partial charge is 0.545 e. The minimum absolute atomic E-state index is 0.139. The summed E-state index contributed by atoms with van der Waals surface area (Å²) in [5.74, 6) is -2.31. The van der Waals surface area contributed by atoms with Crippen LogP contribution in [0.4, 0.5) is 0 Å². The van der Waals surface area contributed by atoms with Gasteiger partial charge in [0.2, 0.25) is 0 Å². The van der Waals surface area contributed by atoms with Gasteiger partial charge in [-0.25, -0.2) is 0 Å². The van der Waals surface area contributed by atoms with Gasteiger partial charge in [-0.1, -0.05) is 262 Å². The molecular weight excluding hydrogens is 1030 g/mol. The van der Waals surface area contributed by atoms with Crippen LogP contribution in [0.3, 0.4) is 0 Å². The van der Waals surface area contributed by atoms with Gasteiger partial charge < -0.3 is 33.3 Å². The summed E-state index contributed by atoms with van der Waals surface area (Å²) in [6.07, 6.45) is 89.0. The molecule has 2 unspecified atom stereocenters. The quantitative estimate of drug-likeness (QED) is 0.0195. The number of rotatable bonds is 59. The maximum Gasteiger partial charge on any atom is 0.306 e. The molecule has 0 aromatic heterocycles. The molecule has 0 aromatic rings. The van der Waals surface area contributed by atoms with Crippen molar-refractivity contribution in [3.05, 3.63) is 146 Å². The van der Waals surface area contributed by atoms with E-state index in [0.717, 1.165) is 135 Å². The van der Waals surface area contributed by atoms with E-state index >= 15 is 0 Å². The van der Waals surface area contributed by atoms with Gasteiger partial charge in [0.15, 0.2) is 12.4 Å². The Morgan fingerprint density at radius 3 is 0.964 bits per heavy atom. The Labute approximate surface area is 509 Å². The van der Waals surface area contributed by atoms with E-state index in [4.69, 9.17) is 18.9 Å². The lowest BCUT2D eigenvalue weighted by molar-refractivity contribution is -0.870. The first-order chi connectivity index (χ1) is 40.6. The fraction of sp³-hybridized carbons (Fsp3) is 0.635. The van der Waals surface area contributed by atoms with Gasteiger partial charge in [-0.15, -0.1) is 0 Å². The minimum Gasteiger partial charge on any atom is -0.545 e. The first-order valence-electron chi connectivity index (χ1n) is 33.0. The maximum atomic E-state index is 12.9. The first kappa shape index (κ1) is 78.2. The average Bonchev–Trinajstić information content (AvgIpc) is 3.46. The third-order valence-electron chi connectivity index (χ3n) is 13.6. The number of carbonyl (C=O) groups excluding carboxylic acids is 3. The highest BCUT2D eigenvalue weighted by Crippen LogP contribution is 2.16. The van der Waals surface area contributed by atoms with Crippen molar-refractivity contribution < 1.29 is 42.9 Å². The lowest BCUT2D eigenvalue weighted by Crippen LogP contribution is -2.44. The number of allylic oxidation sites excluding steroid dienone is 24. The van der Waals surface area contributed by atoms with Crippen LogP contribution in [0.5, 0.6) is 0 Å². The third-order valence-corrected chi connectivity index (χ3v) is 13.6. The van der Waals surface area contributed by atoms with E-state index in [1.807, 2.05) is 21.1 Å². The van der Waals surface area contributed by atoms with E-state index < -0.39 is 24.3 Å². The van der Waals surface area contributed by atoms with Crippen LogP contribution in [0.2, 0.25) is 0 Å². The third kappa shape index (κ3) is 64.6. The molecule has 0 radical (unpaired) electrons. The predicted molar refractivity (Wildman–Crippen MR) is 352 cm³/mol. The second-order valence-electron chi connectivity index (χ2n) is 22.6. The number of carboxylic acids is 1. The van der Waals surface area contributed by atoms with E-state index in [0.29, 0.717) is 17.4 Å². The van der Waals surface area contributed by atoms with Gasteiger partial charge >= 0.3 is 11.9 Å². The van der Waals surface area contributed by atoms with Gasteiger partial charge in [0.25, 0.3) is 0 Å². The molecule has 0 saturated carbocycles. The van der Waals surface area contributed by atoms with Crippen LogP contribution in [0.15, 0.2) is 146 Å². The molecule has 9 heteroatoms. The summed E-state index contributed by atoms with van der Waals surface area (Å²) in [6.45, 7) is 4.50. The molecule has 0 aromatic carbocycles. The van der Waals surface area contributed by atoms with Crippen LogP contribution in [-0.2, 0) is 33.3 Å². The number of unbranched alkanes of at least 4 members (excludes halogenated alkanes) is 20. The van der Waals surface area contributed by atoms with Gasteiger partial charge in [0.1, 0.15) is 13.2 Å². The van der Waals surface area contributed by atoms with Crippen LogP contribution < -0.4 is 5.11 Å². The fourth-order valence-electron chi connectivity index (χ4n) is 8.60. The van der Waals surface area contributed by atoms with E-state index in [2.05, 4.69) is 160 Å². The lowest BCUT2D eigenvalue weighted by atomic mass is 10.0. The molecule has 0 aliphatic carbocycles. The van der Waals surface area contributed by atoms with Crippen LogP contribution in [0, 0.1) is 0 Å². The minimum atomic E-state index is -1.63. The van der Waals surface area contributed by atoms with Gasteiger partial charge in [-0.3, -0.25) is 9.59 Å². The van der Waals surface area contributed by atoms with E-state index in [1.165, 1.54) is 77.0 Å². The number of aliphatic carboxylic acids is 1. The van der Waals surface area contributed by atoms with Crippen molar-refractivity contribution in [2.24, 2.45) is 0 Å². The predicted octanol–water partition coefficient (Wildman–Crippen LogP) is 19.0. The van der Waals surface area contributed by atoms with Crippen molar-refractivity contribution in [3.63, 3.8) is 0 Å². The topological polar surface area (TPSA) is 111 Å². The number of hydrogen-bond acceptors (Lipinski definition) is 8. The second-order valence-corrected chi connectivity index (χ2v) is 22.6. The van der Waals surface area contributed by atoms with Crippen molar-refractivity contribution in [3.8, 4) is 0 Å². The number of likely N-dealkylation sites (N-methyl/N-ethyl adjacent to an activating group) is 1. The Hall–Kier alpha value is -4.83. The maximum absolute atomic E-state index is 12.9. The zero-order chi connectivity index (χ0) is 60.5. The van der Waals surface area contributed by atoms with Gasteiger partial charge in [-0.2, -0.15) is 0 Å². The summed E-state index contributed by atoms with van der Waals surface area (Å²) in [4.78, 5) is 37.5. The summed E-state index contributed by atoms with van der Waals surface area (Å²) in [5.41, 5.74) is 0. The van der Waals surface area contributed by atoms with Crippen molar-refractivity contribution in [2.75, 3.05) is 47.5 Å². The Bertz CT molecular complexity index is 1870. The molecule has 470 valence electrons. The zero-order valence-corrected chi connectivity index (χ0v) is 53.5. The number of carboxylic acid groups (broad SMARTS) is 1. The van der Waals surface area contributed by atoms with Crippen LogP contribution in [0.1, 0.15) is 245 Å². The normalized spacial score (nSPS) is 13.7. The average molecular weight is 1150 g/mol. The molecule has 0 amide bonds. The van der Waals surface area contributed by atoms with Crippen molar-refractivity contribution in [2.45, 2.75) is 257 Å². The number of nitrogens with zero attached hydrogens (tertiary/aromatic N) is 1. The summed E-state index contributed by atoms with van der Waals surface area (Å²) >= 11 is 0. The molecule has 0 aliphatic rings. The van der Waals surface area contributed by atoms with Gasteiger partial charge in [0, 0.05) is 12.8 Å². The molecule has 83 heavy (non-hydrogen) atoms. The molecule has 0 bridgehead atoms. The summed E-state index contributed by atoms with van der Waals surface area (Å²) < 4.78 is 22.8. The standard InChI is InChI=1S/C74H121NO8/c1-6-8-10-12-14-16-18-20-22-24-26-28-30-32-33-34-35-36-37-38-39-41-43-45-47-49-51-53-55-57-59-61-63-65-72(77)83-70(69-82-74(73(78)79)80-67-66-75(3,4)5)68-81-71(76)64-62-60-58-56-54-52-50-48-46-44-42-40-31-29-27-25-23-21-19-17-15-13-11-9-7-2/h8-11,14-17,20-23,26-29,32-33,35-36,38-40,42,70,74H,6-7,12-13,18-19,24-25,30-31,34,37,41,43-69H2,1-5H3/b10-8-,11-9-,16-14-,17-15-,22-20-,23-21-,28-26-,29-27-,33-32-,36-35-,39-38-,42-40-. The molecule has 0 heterocycles. The molecule has 2 atom stereocenters. The van der Waals surface area contributed by atoms with E-state index in [1.54, 1.807) is 0 Å².